The molecule has 1 N–H and O–H groups in total. The van der Waals surface area contributed by atoms with Crippen molar-refractivity contribution in [3.8, 4) is 0 Å². The van der Waals surface area contributed by atoms with Crippen molar-refractivity contribution >= 4 is 5.97 Å². The number of carbonyl (C=O) groups excluding carboxylic acids is 1. The molecular weight excluding hydrogens is 244 g/mol. The molecule has 4 nitrogen and oxygen atoms in total. The van der Waals surface area contributed by atoms with E-state index in [0.29, 0.717) is 11.8 Å². The molecule has 0 aromatic heterocycles. The van der Waals surface area contributed by atoms with Crippen LogP contribution in [0.3, 0.4) is 0 Å². The van der Waals surface area contributed by atoms with E-state index in [9.17, 15) is 9.90 Å². The van der Waals surface area contributed by atoms with Gasteiger partial charge in [-0.05, 0) is 18.8 Å². The fourth-order valence-electron chi connectivity index (χ4n) is 5.11. The lowest BCUT2D eigenvalue weighted by atomic mass is 9.52. The lowest BCUT2D eigenvalue weighted by Crippen LogP contribution is -2.56. The van der Waals surface area contributed by atoms with E-state index < -0.39 is 0 Å². The van der Waals surface area contributed by atoms with Gasteiger partial charge in [0.05, 0.1) is 12.0 Å². The molecule has 2 aliphatic carbocycles. The lowest BCUT2D eigenvalue weighted by molar-refractivity contribution is -0.146. The Kier molecular flexibility index (Phi) is 2.14. The van der Waals surface area contributed by atoms with Crippen molar-refractivity contribution in [1.29, 1.82) is 0 Å². The maximum absolute atomic E-state index is 11.8. The van der Waals surface area contributed by atoms with Crippen LogP contribution in [0.2, 0.25) is 0 Å². The molecule has 19 heavy (non-hydrogen) atoms. The fraction of sp³-hybridized carbons (Fsp3) is 0.933. The molecule has 4 aliphatic rings. The average Bonchev–Trinajstić information content (AvgIpc) is 3.01. The number of hydrogen-bond donors (Lipinski definition) is 1. The van der Waals surface area contributed by atoms with Gasteiger partial charge in [-0.2, -0.15) is 0 Å². The van der Waals surface area contributed by atoms with Gasteiger partial charge in [0.1, 0.15) is 17.8 Å². The SMILES string of the molecule is CC1C(=O)OC2CC34OC3C(O)CC(C)C4(C)CC21. The summed E-state index contributed by atoms with van der Waals surface area (Å²) >= 11 is 0. The number of aliphatic hydroxyl groups excluding tert-OH is 1. The molecule has 0 aromatic carbocycles. The summed E-state index contributed by atoms with van der Waals surface area (Å²) in [5.41, 5.74) is -0.171. The zero-order valence-corrected chi connectivity index (χ0v) is 11.8. The Morgan fingerprint density at radius 1 is 1.32 bits per heavy atom. The largest absolute Gasteiger partial charge is 0.462 e. The summed E-state index contributed by atoms with van der Waals surface area (Å²) < 4.78 is 11.5. The van der Waals surface area contributed by atoms with Crippen LogP contribution in [0, 0.1) is 23.2 Å². The van der Waals surface area contributed by atoms with Crippen LogP contribution in [-0.2, 0) is 14.3 Å². The predicted octanol–water partition coefficient (Wildman–Crippen LogP) is 1.50. The topological polar surface area (TPSA) is 59.1 Å². The van der Waals surface area contributed by atoms with Gasteiger partial charge in [-0.25, -0.2) is 0 Å². The van der Waals surface area contributed by atoms with Crippen molar-refractivity contribution in [3.05, 3.63) is 0 Å². The van der Waals surface area contributed by atoms with E-state index in [1.54, 1.807) is 0 Å². The van der Waals surface area contributed by atoms with Gasteiger partial charge in [0, 0.05) is 17.8 Å². The van der Waals surface area contributed by atoms with Gasteiger partial charge in [-0.1, -0.05) is 20.8 Å². The first-order chi connectivity index (χ1) is 8.89. The van der Waals surface area contributed by atoms with Crippen LogP contribution in [0.4, 0.5) is 0 Å². The Labute approximate surface area is 113 Å². The van der Waals surface area contributed by atoms with Crippen molar-refractivity contribution < 1.29 is 19.4 Å². The molecule has 1 spiro atoms. The molecular formula is C15H22O4. The van der Waals surface area contributed by atoms with Crippen LogP contribution in [0.25, 0.3) is 0 Å². The molecule has 0 amide bonds. The Balaban J connectivity index is 1.72. The number of hydrogen-bond acceptors (Lipinski definition) is 4. The zero-order chi connectivity index (χ0) is 13.6. The maximum atomic E-state index is 11.8. The van der Waals surface area contributed by atoms with Crippen LogP contribution >= 0.6 is 0 Å². The first-order valence-corrected chi connectivity index (χ1v) is 7.45. The third kappa shape index (κ3) is 1.25. The molecule has 2 saturated carbocycles. The molecule has 8 unspecified atom stereocenters. The second kappa shape index (κ2) is 3.34. The van der Waals surface area contributed by atoms with Gasteiger partial charge in [-0.15, -0.1) is 0 Å². The molecule has 106 valence electrons. The van der Waals surface area contributed by atoms with Crippen LogP contribution < -0.4 is 0 Å². The summed E-state index contributed by atoms with van der Waals surface area (Å²) in [5, 5.41) is 10.1. The molecule has 4 fully saturated rings. The number of esters is 1. The average molecular weight is 266 g/mol. The van der Waals surface area contributed by atoms with E-state index >= 15 is 0 Å². The summed E-state index contributed by atoms with van der Waals surface area (Å²) in [7, 11) is 0. The van der Waals surface area contributed by atoms with Gasteiger partial charge in [0.15, 0.2) is 0 Å². The molecule has 2 aliphatic heterocycles. The molecule has 8 atom stereocenters. The van der Waals surface area contributed by atoms with E-state index in [0.717, 1.165) is 19.3 Å². The van der Waals surface area contributed by atoms with E-state index in [2.05, 4.69) is 13.8 Å². The van der Waals surface area contributed by atoms with Crippen molar-refractivity contribution in [2.75, 3.05) is 0 Å². The highest BCUT2D eigenvalue weighted by atomic mass is 16.6. The molecule has 0 aromatic rings. The zero-order valence-electron chi connectivity index (χ0n) is 11.8. The summed E-state index contributed by atoms with van der Waals surface area (Å²) in [6, 6.07) is 0. The highest BCUT2D eigenvalue weighted by Crippen LogP contribution is 2.68. The third-order valence-corrected chi connectivity index (χ3v) is 6.66. The van der Waals surface area contributed by atoms with Gasteiger partial charge in [0.25, 0.3) is 0 Å². The minimum Gasteiger partial charge on any atom is -0.462 e. The highest BCUT2D eigenvalue weighted by Gasteiger charge is 2.76. The maximum Gasteiger partial charge on any atom is 0.309 e. The molecule has 2 saturated heterocycles. The quantitative estimate of drug-likeness (QED) is 0.533. The van der Waals surface area contributed by atoms with E-state index in [1.165, 1.54) is 0 Å². The monoisotopic (exact) mass is 266 g/mol. The van der Waals surface area contributed by atoms with Crippen molar-refractivity contribution in [2.24, 2.45) is 23.2 Å². The smallest absolute Gasteiger partial charge is 0.309 e. The van der Waals surface area contributed by atoms with E-state index in [1.807, 2.05) is 6.92 Å². The second-order valence-corrected chi connectivity index (χ2v) is 7.39. The van der Waals surface area contributed by atoms with Gasteiger partial charge in [0.2, 0.25) is 0 Å². The Morgan fingerprint density at radius 2 is 2.05 bits per heavy atom. The molecule has 4 heteroatoms. The summed E-state index contributed by atoms with van der Waals surface area (Å²) in [5.74, 6) is 0.699. The number of fused-ring (bicyclic) bond motifs is 1. The predicted molar refractivity (Wildman–Crippen MR) is 67.3 cm³/mol. The van der Waals surface area contributed by atoms with Crippen molar-refractivity contribution in [1.82, 2.24) is 0 Å². The Hall–Kier alpha value is -0.610. The van der Waals surface area contributed by atoms with Crippen molar-refractivity contribution in [3.63, 3.8) is 0 Å². The van der Waals surface area contributed by atoms with Gasteiger partial charge < -0.3 is 14.6 Å². The van der Waals surface area contributed by atoms with Gasteiger partial charge in [-0.3, -0.25) is 4.79 Å². The van der Waals surface area contributed by atoms with Crippen LogP contribution in [-0.4, -0.2) is 35.0 Å². The van der Waals surface area contributed by atoms with Crippen LogP contribution in [0.15, 0.2) is 0 Å². The normalized spacial score (nSPS) is 62.8. The minimum absolute atomic E-state index is 0.00178. The van der Waals surface area contributed by atoms with Crippen LogP contribution in [0.1, 0.15) is 40.0 Å². The molecule has 0 radical (unpaired) electrons. The summed E-state index contributed by atoms with van der Waals surface area (Å²) in [4.78, 5) is 11.8. The summed E-state index contributed by atoms with van der Waals surface area (Å²) in [6.07, 6.45) is 2.17. The number of aliphatic hydroxyl groups is 1. The fourth-order valence-corrected chi connectivity index (χ4v) is 5.11. The lowest BCUT2D eigenvalue weighted by Gasteiger charge is -2.51. The molecule has 2 heterocycles. The molecule has 4 rings (SSSR count). The number of rotatable bonds is 0. The number of ether oxygens (including phenoxy) is 2. The van der Waals surface area contributed by atoms with Crippen LogP contribution in [0.5, 0.6) is 0 Å². The third-order valence-electron chi connectivity index (χ3n) is 6.66. The number of carbonyl (C=O) groups is 1. The van der Waals surface area contributed by atoms with E-state index in [-0.39, 0.29) is 41.2 Å². The van der Waals surface area contributed by atoms with Gasteiger partial charge >= 0.3 is 5.97 Å². The standard InChI is InChI=1S/C15H22O4/c1-7-4-10(16)12-15(19-12)6-11-9(5-14(7,15)3)8(2)13(17)18-11/h7-12,16H,4-6H2,1-3H3. The first-order valence-electron chi connectivity index (χ1n) is 7.45. The summed E-state index contributed by atoms with van der Waals surface area (Å²) in [6.45, 7) is 6.49. The minimum atomic E-state index is -0.353. The second-order valence-electron chi connectivity index (χ2n) is 7.39. The van der Waals surface area contributed by atoms with E-state index in [4.69, 9.17) is 9.47 Å². The highest BCUT2D eigenvalue weighted by molar-refractivity contribution is 5.75. The Bertz CT molecular complexity index is 449. The molecule has 0 bridgehead atoms. The first kappa shape index (κ1) is 12.2. The van der Waals surface area contributed by atoms with Crippen molar-refractivity contribution in [2.45, 2.75) is 63.9 Å². The number of epoxide rings is 1. The Morgan fingerprint density at radius 3 is 2.79 bits per heavy atom.